The zero-order valence-electron chi connectivity index (χ0n) is 11.7. The van der Waals surface area contributed by atoms with E-state index >= 15 is 0 Å². The van der Waals surface area contributed by atoms with Crippen LogP contribution in [-0.4, -0.2) is 18.7 Å². The van der Waals surface area contributed by atoms with Gasteiger partial charge in [0.15, 0.2) is 12.1 Å². The lowest BCUT2D eigenvalue weighted by Gasteiger charge is -2.13. The molecule has 0 N–H and O–H groups in total. The zero-order valence-corrected chi connectivity index (χ0v) is 14.1. The minimum atomic E-state index is -0.180. The Labute approximate surface area is 142 Å². The molecule has 1 heterocycles. The number of carbonyl (C=O) groups excluding carboxylic acids is 1. The molecule has 3 rings (SSSR count). The highest BCUT2D eigenvalue weighted by atomic mass is 79.9. The standard InChI is InChI=1S/C17H14BrClO3/c18-12-5-8-15(19)14(10-12)17(20)11-3-6-13(7-4-11)22-16-2-1-9-21-16/h3-8,10,16H,1-2,9H2. The highest BCUT2D eigenvalue weighted by Crippen LogP contribution is 2.25. The summed E-state index contributed by atoms with van der Waals surface area (Å²) in [4.78, 5) is 12.5. The molecule has 0 saturated carbocycles. The summed E-state index contributed by atoms with van der Waals surface area (Å²) in [7, 11) is 0. The van der Waals surface area contributed by atoms with Crippen molar-refractivity contribution in [3.05, 3.63) is 63.1 Å². The number of carbonyl (C=O) groups is 1. The summed E-state index contributed by atoms with van der Waals surface area (Å²) in [5.41, 5.74) is 1.04. The van der Waals surface area contributed by atoms with E-state index in [4.69, 9.17) is 21.1 Å². The molecule has 3 nitrogen and oxygen atoms in total. The van der Waals surface area contributed by atoms with Gasteiger partial charge in [-0.2, -0.15) is 0 Å². The normalized spacial score (nSPS) is 17.5. The molecule has 1 fully saturated rings. The van der Waals surface area contributed by atoms with Crippen LogP contribution in [0.1, 0.15) is 28.8 Å². The van der Waals surface area contributed by atoms with E-state index in [0.717, 1.165) is 23.9 Å². The molecule has 2 aromatic carbocycles. The van der Waals surface area contributed by atoms with E-state index in [2.05, 4.69) is 15.9 Å². The molecular weight excluding hydrogens is 368 g/mol. The Kier molecular flexibility index (Phi) is 4.81. The minimum absolute atomic E-state index is 0.116. The van der Waals surface area contributed by atoms with Crippen molar-refractivity contribution in [1.29, 1.82) is 0 Å². The lowest BCUT2D eigenvalue weighted by Crippen LogP contribution is -2.13. The van der Waals surface area contributed by atoms with Crippen LogP contribution in [0.5, 0.6) is 5.75 Å². The lowest BCUT2D eigenvalue weighted by atomic mass is 10.0. The second-order valence-electron chi connectivity index (χ2n) is 5.04. The number of benzene rings is 2. The van der Waals surface area contributed by atoms with E-state index in [1.54, 1.807) is 42.5 Å². The fourth-order valence-corrected chi connectivity index (χ4v) is 2.87. The molecule has 1 unspecified atom stereocenters. The van der Waals surface area contributed by atoms with Crippen LogP contribution in [0.2, 0.25) is 5.02 Å². The molecule has 1 atom stereocenters. The third-order valence-electron chi connectivity index (χ3n) is 3.44. The molecule has 0 radical (unpaired) electrons. The Bertz CT molecular complexity index is 679. The average molecular weight is 382 g/mol. The number of hydrogen-bond donors (Lipinski definition) is 0. The fourth-order valence-electron chi connectivity index (χ4n) is 2.30. The van der Waals surface area contributed by atoms with Gasteiger partial charge in [-0.15, -0.1) is 0 Å². The molecule has 114 valence electrons. The van der Waals surface area contributed by atoms with E-state index in [1.807, 2.05) is 0 Å². The van der Waals surface area contributed by atoms with Crippen molar-refractivity contribution in [2.45, 2.75) is 19.1 Å². The summed E-state index contributed by atoms with van der Waals surface area (Å²) in [6.45, 7) is 0.739. The van der Waals surface area contributed by atoms with Gasteiger partial charge >= 0.3 is 0 Å². The van der Waals surface area contributed by atoms with Crippen molar-refractivity contribution in [2.24, 2.45) is 0 Å². The zero-order chi connectivity index (χ0) is 15.5. The summed E-state index contributed by atoms with van der Waals surface area (Å²) in [5, 5.41) is 0.438. The first-order chi connectivity index (χ1) is 10.6. The largest absolute Gasteiger partial charge is 0.465 e. The summed E-state index contributed by atoms with van der Waals surface area (Å²) >= 11 is 9.46. The maximum Gasteiger partial charge on any atom is 0.199 e. The van der Waals surface area contributed by atoms with Crippen LogP contribution in [-0.2, 0) is 4.74 Å². The van der Waals surface area contributed by atoms with Gasteiger partial charge in [-0.05, 0) is 48.9 Å². The molecular formula is C17H14BrClO3. The third-order valence-corrected chi connectivity index (χ3v) is 4.27. The first-order valence-corrected chi connectivity index (χ1v) is 8.18. The monoisotopic (exact) mass is 380 g/mol. The summed E-state index contributed by atoms with van der Waals surface area (Å²) in [5.74, 6) is 0.582. The SMILES string of the molecule is O=C(c1ccc(OC2CCCO2)cc1)c1cc(Br)ccc1Cl. The topological polar surface area (TPSA) is 35.5 Å². The Morgan fingerprint density at radius 3 is 2.68 bits per heavy atom. The summed E-state index contributed by atoms with van der Waals surface area (Å²) in [6.07, 6.45) is 1.73. The fraction of sp³-hybridized carbons (Fsp3) is 0.235. The van der Waals surface area contributed by atoms with Gasteiger partial charge in [0, 0.05) is 22.0 Å². The molecule has 1 saturated heterocycles. The number of hydrogen-bond acceptors (Lipinski definition) is 3. The van der Waals surface area contributed by atoms with Crippen molar-refractivity contribution in [3.8, 4) is 5.75 Å². The molecule has 0 bridgehead atoms. The average Bonchev–Trinajstić information content (AvgIpc) is 3.03. The second-order valence-corrected chi connectivity index (χ2v) is 6.36. The van der Waals surface area contributed by atoms with Crippen LogP contribution >= 0.6 is 27.5 Å². The molecule has 0 amide bonds. The molecule has 22 heavy (non-hydrogen) atoms. The van der Waals surface area contributed by atoms with Gasteiger partial charge < -0.3 is 9.47 Å². The molecule has 2 aromatic rings. The van der Waals surface area contributed by atoms with E-state index < -0.39 is 0 Å². The van der Waals surface area contributed by atoms with E-state index in [1.165, 1.54) is 0 Å². The second kappa shape index (κ2) is 6.82. The van der Waals surface area contributed by atoms with Gasteiger partial charge in [-0.25, -0.2) is 0 Å². The van der Waals surface area contributed by atoms with Crippen molar-refractivity contribution in [3.63, 3.8) is 0 Å². The van der Waals surface area contributed by atoms with Gasteiger partial charge in [0.1, 0.15) is 5.75 Å². The first kappa shape index (κ1) is 15.5. The third kappa shape index (κ3) is 3.51. The van der Waals surface area contributed by atoms with Crippen molar-refractivity contribution < 1.29 is 14.3 Å². The highest BCUT2D eigenvalue weighted by Gasteiger charge is 2.17. The summed E-state index contributed by atoms with van der Waals surface area (Å²) in [6, 6.07) is 12.3. The Morgan fingerprint density at radius 1 is 1.23 bits per heavy atom. The van der Waals surface area contributed by atoms with E-state index in [-0.39, 0.29) is 12.1 Å². The van der Waals surface area contributed by atoms with Crippen molar-refractivity contribution in [1.82, 2.24) is 0 Å². The number of ketones is 1. The number of rotatable bonds is 4. The number of ether oxygens (including phenoxy) is 2. The van der Waals surface area contributed by atoms with Crippen LogP contribution < -0.4 is 4.74 Å². The van der Waals surface area contributed by atoms with Gasteiger partial charge in [0.05, 0.1) is 11.6 Å². The molecule has 5 heteroatoms. The first-order valence-electron chi connectivity index (χ1n) is 7.01. The van der Waals surface area contributed by atoms with Gasteiger partial charge in [-0.3, -0.25) is 4.79 Å². The molecule has 0 aliphatic carbocycles. The van der Waals surface area contributed by atoms with E-state index in [0.29, 0.717) is 21.9 Å². The molecule has 0 aromatic heterocycles. The predicted molar refractivity (Wildman–Crippen MR) is 88.6 cm³/mol. The lowest BCUT2D eigenvalue weighted by molar-refractivity contribution is -0.0390. The van der Waals surface area contributed by atoms with Crippen LogP contribution in [0.15, 0.2) is 46.9 Å². The van der Waals surface area contributed by atoms with Gasteiger partial charge in [-0.1, -0.05) is 27.5 Å². The van der Waals surface area contributed by atoms with Gasteiger partial charge in [0.2, 0.25) is 0 Å². The Morgan fingerprint density at radius 2 is 2.00 bits per heavy atom. The molecule has 1 aliphatic rings. The Balaban J connectivity index is 1.77. The number of halogens is 2. The maximum atomic E-state index is 12.5. The molecule has 1 aliphatic heterocycles. The van der Waals surface area contributed by atoms with E-state index in [9.17, 15) is 4.79 Å². The highest BCUT2D eigenvalue weighted by molar-refractivity contribution is 9.10. The Hall–Kier alpha value is -1.36. The minimum Gasteiger partial charge on any atom is -0.465 e. The van der Waals surface area contributed by atoms with Crippen molar-refractivity contribution >= 4 is 33.3 Å². The predicted octanol–water partition coefficient (Wildman–Crippen LogP) is 4.85. The maximum absolute atomic E-state index is 12.5. The quantitative estimate of drug-likeness (QED) is 0.710. The molecule has 0 spiro atoms. The van der Waals surface area contributed by atoms with Crippen LogP contribution in [0.4, 0.5) is 0 Å². The van der Waals surface area contributed by atoms with Crippen molar-refractivity contribution in [2.75, 3.05) is 6.61 Å². The summed E-state index contributed by atoms with van der Waals surface area (Å²) < 4.78 is 11.9. The van der Waals surface area contributed by atoms with Gasteiger partial charge in [0.25, 0.3) is 0 Å². The van der Waals surface area contributed by atoms with Crippen LogP contribution in [0, 0.1) is 0 Å². The van der Waals surface area contributed by atoms with Crippen LogP contribution in [0.3, 0.4) is 0 Å². The van der Waals surface area contributed by atoms with Crippen LogP contribution in [0.25, 0.3) is 0 Å². The smallest absolute Gasteiger partial charge is 0.199 e.